The minimum absolute atomic E-state index is 0.107. The van der Waals surface area contributed by atoms with Crippen LogP contribution < -0.4 is 10.8 Å². The second-order valence-corrected chi connectivity index (χ2v) is 11.0. The van der Waals surface area contributed by atoms with Crippen LogP contribution in [0.5, 0.6) is 0 Å². The molecule has 2 fully saturated rings. The lowest BCUT2D eigenvalue weighted by atomic mass is 9.77. The molecule has 0 aliphatic carbocycles. The highest BCUT2D eigenvalue weighted by Crippen LogP contribution is 2.36. The second kappa shape index (κ2) is 8.76. The number of hydrogen-bond acceptors (Lipinski definition) is 5. The molecule has 2 aliphatic rings. The number of nitrogens with one attached hydrogen (secondary N) is 1. The van der Waals surface area contributed by atoms with Crippen LogP contribution in [0.1, 0.15) is 72.4 Å². The van der Waals surface area contributed by atoms with Gasteiger partial charge in [-0.3, -0.25) is 4.90 Å². The monoisotopic (exact) mass is 430 g/mol. The van der Waals surface area contributed by atoms with Crippen molar-refractivity contribution in [2.45, 2.75) is 97.6 Å². The Balaban J connectivity index is 1.64. The van der Waals surface area contributed by atoms with E-state index in [1.54, 1.807) is 0 Å². The summed E-state index contributed by atoms with van der Waals surface area (Å²) in [7, 11) is -0.354. The number of benzene rings is 1. The van der Waals surface area contributed by atoms with E-state index in [4.69, 9.17) is 14.0 Å². The lowest BCUT2D eigenvalue weighted by Gasteiger charge is -2.34. The summed E-state index contributed by atoms with van der Waals surface area (Å²) in [6, 6.07) is 6.57. The molecule has 1 aromatic carbocycles. The predicted octanol–water partition coefficient (Wildman–Crippen LogP) is 3.78. The molecule has 1 N–H and O–H groups in total. The number of nitrogens with zero attached hydrogens (tertiary/aromatic N) is 1. The summed E-state index contributed by atoms with van der Waals surface area (Å²) < 4.78 is 17.9. The van der Waals surface area contributed by atoms with Gasteiger partial charge in [0.05, 0.1) is 11.2 Å². The predicted molar refractivity (Wildman–Crippen MR) is 125 cm³/mol. The molecule has 2 heterocycles. The Kier molecular flexibility index (Phi) is 6.80. The van der Waals surface area contributed by atoms with E-state index >= 15 is 0 Å². The number of amides is 1. The molecule has 2 saturated heterocycles. The van der Waals surface area contributed by atoms with Crippen molar-refractivity contribution >= 4 is 18.7 Å². The highest BCUT2D eigenvalue weighted by molar-refractivity contribution is 6.62. The number of rotatable bonds is 4. The third-order valence-corrected chi connectivity index (χ3v) is 6.52. The van der Waals surface area contributed by atoms with Gasteiger partial charge in [0.15, 0.2) is 0 Å². The van der Waals surface area contributed by atoms with Crippen molar-refractivity contribution in [3.63, 3.8) is 0 Å². The molecule has 1 aromatic rings. The quantitative estimate of drug-likeness (QED) is 0.737. The molecule has 6 nitrogen and oxygen atoms in total. The topological polar surface area (TPSA) is 60.0 Å². The molecule has 172 valence electrons. The molecule has 0 saturated carbocycles. The molecule has 3 rings (SSSR count). The number of carbonyl (C=O) groups is 1. The molecule has 0 spiro atoms. The summed E-state index contributed by atoms with van der Waals surface area (Å²) >= 11 is 0. The molecular weight excluding hydrogens is 391 g/mol. The summed E-state index contributed by atoms with van der Waals surface area (Å²) in [6.07, 6.45) is 1.69. The molecule has 1 amide bonds. The van der Waals surface area contributed by atoms with Gasteiger partial charge in [0.25, 0.3) is 0 Å². The second-order valence-electron chi connectivity index (χ2n) is 11.0. The first-order chi connectivity index (χ1) is 14.3. The fourth-order valence-corrected chi connectivity index (χ4v) is 4.02. The highest BCUT2D eigenvalue weighted by atomic mass is 16.7. The van der Waals surface area contributed by atoms with Gasteiger partial charge in [-0.05, 0) is 91.4 Å². The van der Waals surface area contributed by atoms with Gasteiger partial charge in [0.1, 0.15) is 5.60 Å². The van der Waals surface area contributed by atoms with Gasteiger partial charge in [-0.1, -0.05) is 18.2 Å². The number of piperidine rings is 1. The van der Waals surface area contributed by atoms with E-state index < -0.39 is 5.60 Å². The fraction of sp³-hybridized carbons (Fsp3) is 0.708. The third-order valence-electron chi connectivity index (χ3n) is 6.52. The SMILES string of the molecule is Cc1ccc(B2OC(C)(C)C(C)(C)O2)cc1CN1CCCC(NC(=O)OC(C)(C)C)C1. The highest BCUT2D eigenvalue weighted by Gasteiger charge is 2.51. The standard InChI is InChI=1S/C24H39BN2O4/c1-17-11-12-19(25-30-23(5,6)24(7,8)31-25)14-18(17)15-27-13-9-10-20(16-27)26-21(28)29-22(2,3)4/h11-12,14,20H,9-10,13,15-16H2,1-8H3,(H,26,28). The van der Waals surface area contributed by atoms with Crippen LogP contribution >= 0.6 is 0 Å². The van der Waals surface area contributed by atoms with E-state index in [0.29, 0.717) is 0 Å². The smallest absolute Gasteiger partial charge is 0.444 e. The Morgan fingerprint density at radius 2 is 1.87 bits per heavy atom. The van der Waals surface area contributed by atoms with E-state index in [1.807, 2.05) is 20.8 Å². The summed E-state index contributed by atoms with van der Waals surface area (Å²) in [5, 5.41) is 3.04. The van der Waals surface area contributed by atoms with Gasteiger partial charge in [0.2, 0.25) is 0 Å². The van der Waals surface area contributed by atoms with Crippen molar-refractivity contribution in [3.05, 3.63) is 29.3 Å². The number of likely N-dealkylation sites (tertiary alicyclic amines) is 1. The summed E-state index contributed by atoms with van der Waals surface area (Å²) in [4.78, 5) is 14.6. The maximum Gasteiger partial charge on any atom is 0.494 e. The van der Waals surface area contributed by atoms with Crippen LogP contribution in [0.2, 0.25) is 0 Å². The number of alkyl carbamates (subject to hydrolysis) is 1. The molecule has 7 heteroatoms. The Morgan fingerprint density at radius 3 is 2.48 bits per heavy atom. The van der Waals surface area contributed by atoms with Crippen LogP contribution in [0.25, 0.3) is 0 Å². The average Bonchev–Trinajstić information content (AvgIpc) is 2.83. The largest absolute Gasteiger partial charge is 0.494 e. The minimum Gasteiger partial charge on any atom is -0.444 e. The molecule has 31 heavy (non-hydrogen) atoms. The number of carbonyl (C=O) groups excluding carboxylic acids is 1. The van der Waals surface area contributed by atoms with E-state index in [9.17, 15) is 4.79 Å². The van der Waals surface area contributed by atoms with Crippen LogP contribution in [0, 0.1) is 6.92 Å². The van der Waals surface area contributed by atoms with Crippen molar-refractivity contribution in [2.24, 2.45) is 0 Å². The van der Waals surface area contributed by atoms with Gasteiger partial charge >= 0.3 is 13.2 Å². The average molecular weight is 430 g/mol. The normalized spacial score (nSPS) is 23.6. The summed E-state index contributed by atoms with van der Waals surface area (Å²) in [6.45, 7) is 18.8. The third kappa shape index (κ3) is 6.02. The van der Waals surface area contributed by atoms with E-state index in [-0.39, 0.29) is 30.5 Å². The molecule has 2 aliphatic heterocycles. The zero-order valence-corrected chi connectivity index (χ0v) is 20.5. The van der Waals surface area contributed by atoms with Crippen LogP contribution in [-0.4, -0.2) is 54.0 Å². The van der Waals surface area contributed by atoms with E-state index in [0.717, 1.165) is 37.9 Å². The number of ether oxygens (including phenoxy) is 1. The van der Waals surface area contributed by atoms with E-state index in [1.165, 1.54) is 11.1 Å². The van der Waals surface area contributed by atoms with Crippen molar-refractivity contribution in [1.29, 1.82) is 0 Å². The zero-order valence-electron chi connectivity index (χ0n) is 20.5. The minimum atomic E-state index is -0.483. The zero-order chi connectivity index (χ0) is 23.0. The molecule has 1 atom stereocenters. The lowest BCUT2D eigenvalue weighted by molar-refractivity contribution is 0.00578. The van der Waals surface area contributed by atoms with Crippen LogP contribution in [0.15, 0.2) is 18.2 Å². The summed E-state index contributed by atoms with van der Waals surface area (Å²) in [5.74, 6) is 0. The van der Waals surface area contributed by atoms with Crippen LogP contribution in [0.3, 0.4) is 0 Å². The fourth-order valence-electron chi connectivity index (χ4n) is 4.02. The van der Waals surface area contributed by atoms with Crippen LogP contribution in [-0.2, 0) is 20.6 Å². The molecule has 0 aromatic heterocycles. The number of aryl methyl sites for hydroxylation is 1. The molecular formula is C24H39BN2O4. The Morgan fingerprint density at radius 1 is 1.23 bits per heavy atom. The molecule has 0 radical (unpaired) electrons. The van der Waals surface area contributed by atoms with Gasteiger partial charge in [0, 0.05) is 19.1 Å². The van der Waals surface area contributed by atoms with Gasteiger partial charge < -0.3 is 19.4 Å². The first kappa shape index (κ1) is 24.1. The lowest BCUT2D eigenvalue weighted by Crippen LogP contribution is -2.48. The van der Waals surface area contributed by atoms with Gasteiger partial charge in [-0.25, -0.2) is 4.79 Å². The van der Waals surface area contributed by atoms with Crippen LogP contribution in [0.4, 0.5) is 4.79 Å². The van der Waals surface area contributed by atoms with Gasteiger partial charge in [-0.2, -0.15) is 0 Å². The maximum atomic E-state index is 12.2. The maximum absolute atomic E-state index is 12.2. The van der Waals surface area contributed by atoms with Crippen molar-refractivity contribution in [1.82, 2.24) is 10.2 Å². The Labute approximate surface area is 188 Å². The summed E-state index contributed by atoms with van der Waals surface area (Å²) in [5.41, 5.74) is 2.39. The molecule has 1 unspecified atom stereocenters. The Hall–Kier alpha value is -1.57. The number of hydrogen-bond donors (Lipinski definition) is 1. The van der Waals surface area contributed by atoms with Gasteiger partial charge in [-0.15, -0.1) is 0 Å². The van der Waals surface area contributed by atoms with Crippen molar-refractivity contribution < 1.29 is 18.8 Å². The Bertz CT molecular complexity index is 787. The van der Waals surface area contributed by atoms with Crippen molar-refractivity contribution in [2.75, 3.05) is 13.1 Å². The molecule has 0 bridgehead atoms. The van der Waals surface area contributed by atoms with Crippen molar-refractivity contribution in [3.8, 4) is 0 Å². The first-order valence-corrected chi connectivity index (χ1v) is 11.4. The van der Waals surface area contributed by atoms with E-state index in [2.05, 4.69) is 63.0 Å². The first-order valence-electron chi connectivity index (χ1n) is 11.4.